The predicted octanol–water partition coefficient (Wildman–Crippen LogP) is 1.85. The van der Waals surface area contributed by atoms with Gasteiger partial charge in [-0.05, 0) is 18.4 Å². The number of carbonyl (C=O) groups is 1. The van der Waals surface area contributed by atoms with Crippen LogP contribution in [0.15, 0.2) is 11.1 Å². The molecule has 0 N–H and O–H groups in total. The van der Waals surface area contributed by atoms with Crippen molar-refractivity contribution in [2.24, 2.45) is 0 Å². The van der Waals surface area contributed by atoms with Crippen LogP contribution in [0.5, 0.6) is 0 Å². The number of hydrogen-bond acceptors (Lipinski definition) is 3. The van der Waals surface area contributed by atoms with Crippen LogP contribution in [0, 0.1) is 22.7 Å². The molecule has 1 fully saturated rings. The Morgan fingerprint density at radius 2 is 2.08 bits per heavy atom. The third kappa shape index (κ3) is 2.17. The van der Waals surface area contributed by atoms with Crippen molar-refractivity contribution >= 4 is 21.7 Å². The highest BCUT2D eigenvalue weighted by Crippen LogP contribution is 2.27. The van der Waals surface area contributed by atoms with Crippen LogP contribution < -0.4 is 0 Å². The van der Waals surface area contributed by atoms with Gasteiger partial charge in [-0.25, -0.2) is 0 Å². The van der Waals surface area contributed by atoms with Crippen molar-refractivity contribution in [1.82, 2.24) is 0 Å². The third-order valence-corrected chi connectivity index (χ3v) is 2.98. The molecule has 66 valence electrons. The van der Waals surface area contributed by atoms with Gasteiger partial charge in [-0.3, -0.25) is 4.79 Å². The molecule has 0 heterocycles. The van der Waals surface area contributed by atoms with Crippen molar-refractivity contribution < 1.29 is 4.79 Å². The molecule has 1 aliphatic rings. The lowest BCUT2D eigenvalue weighted by atomic mass is 9.91. The molecule has 0 bridgehead atoms. The number of hydrogen-bond donors (Lipinski definition) is 0. The van der Waals surface area contributed by atoms with Gasteiger partial charge >= 0.3 is 0 Å². The second kappa shape index (κ2) is 4.20. The van der Waals surface area contributed by atoms with Gasteiger partial charge in [0.05, 0.1) is 4.83 Å². The van der Waals surface area contributed by atoms with Gasteiger partial charge in [-0.2, -0.15) is 10.5 Å². The van der Waals surface area contributed by atoms with E-state index in [0.29, 0.717) is 18.4 Å². The first-order valence-electron chi connectivity index (χ1n) is 3.88. The first-order valence-corrected chi connectivity index (χ1v) is 4.79. The summed E-state index contributed by atoms with van der Waals surface area (Å²) < 4.78 is 0. The van der Waals surface area contributed by atoms with Gasteiger partial charge in [0.2, 0.25) is 0 Å². The summed E-state index contributed by atoms with van der Waals surface area (Å²) in [4.78, 5) is 11.1. The van der Waals surface area contributed by atoms with Crippen LogP contribution in [0.2, 0.25) is 0 Å². The van der Waals surface area contributed by atoms with E-state index in [1.54, 1.807) is 0 Å². The topological polar surface area (TPSA) is 64.7 Å². The standard InChI is InChI=1S/C9H7BrN2O/c10-8-2-1-6(3-9(8)13)7(4-11)5-12/h8H,1-3H2/t8-/m1/s1. The number of halogens is 1. The zero-order valence-electron chi connectivity index (χ0n) is 6.88. The molecule has 0 saturated heterocycles. The minimum absolute atomic E-state index is 0.0595. The summed E-state index contributed by atoms with van der Waals surface area (Å²) in [5.74, 6) is 0.0595. The predicted molar refractivity (Wildman–Crippen MR) is 49.8 cm³/mol. The molecule has 1 atom stereocenters. The van der Waals surface area contributed by atoms with Gasteiger partial charge in [-0.1, -0.05) is 15.9 Å². The van der Waals surface area contributed by atoms with Gasteiger partial charge < -0.3 is 0 Å². The van der Waals surface area contributed by atoms with Crippen LogP contribution >= 0.6 is 15.9 Å². The number of Topliss-reactive ketones (excluding diaryl/α,β-unsaturated/α-hetero) is 1. The molecule has 0 amide bonds. The van der Waals surface area contributed by atoms with E-state index in [2.05, 4.69) is 15.9 Å². The molecule has 1 aliphatic carbocycles. The molecule has 0 aromatic heterocycles. The fourth-order valence-corrected chi connectivity index (χ4v) is 1.66. The summed E-state index contributed by atoms with van der Waals surface area (Å²) in [6, 6.07) is 3.62. The molecule has 3 nitrogen and oxygen atoms in total. The lowest BCUT2D eigenvalue weighted by Gasteiger charge is -2.17. The van der Waals surface area contributed by atoms with Crippen molar-refractivity contribution in [2.75, 3.05) is 0 Å². The molecule has 0 aromatic rings. The van der Waals surface area contributed by atoms with Gasteiger partial charge in [-0.15, -0.1) is 0 Å². The third-order valence-electron chi connectivity index (χ3n) is 2.01. The Bertz CT molecular complexity index is 330. The zero-order valence-corrected chi connectivity index (χ0v) is 8.47. The Balaban J connectivity index is 2.89. The van der Waals surface area contributed by atoms with Crippen LogP contribution in [0.25, 0.3) is 0 Å². The number of carbonyl (C=O) groups excluding carboxylic acids is 1. The highest BCUT2D eigenvalue weighted by atomic mass is 79.9. The lowest BCUT2D eigenvalue weighted by Crippen LogP contribution is -2.20. The maximum Gasteiger partial charge on any atom is 0.150 e. The summed E-state index contributed by atoms with van der Waals surface area (Å²) >= 11 is 3.24. The Labute approximate surface area is 84.8 Å². The Morgan fingerprint density at radius 1 is 1.46 bits per heavy atom. The SMILES string of the molecule is N#CC(C#N)=C1CC[C@@H](Br)C(=O)C1. The smallest absolute Gasteiger partial charge is 0.150 e. The van der Waals surface area contributed by atoms with Crippen molar-refractivity contribution in [2.45, 2.75) is 24.1 Å². The van der Waals surface area contributed by atoms with Gasteiger partial charge in [0.1, 0.15) is 17.7 Å². The van der Waals surface area contributed by atoms with Crippen LogP contribution in [0.3, 0.4) is 0 Å². The van der Waals surface area contributed by atoms with Crippen molar-refractivity contribution in [1.29, 1.82) is 10.5 Å². The normalized spacial score (nSPS) is 21.9. The highest BCUT2D eigenvalue weighted by Gasteiger charge is 2.24. The quantitative estimate of drug-likeness (QED) is 0.478. The van der Waals surface area contributed by atoms with E-state index in [1.807, 2.05) is 12.1 Å². The fraction of sp³-hybridized carbons (Fsp3) is 0.444. The minimum atomic E-state index is -0.102. The highest BCUT2D eigenvalue weighted by molar-refractivity contribution is 9.10. The van der Waals surface area contributed by atoms with Crippen LogP contribution in [0.4, 0.5) is 0 Å². The van der Waals surface area contributed by atoms with Crippen LogP contribution in [-0.2, 0) is 4.79 Å². The average Bonchev–Trinajstić information content (AvgIpc) is 2.13. The van der Waals surface area contributed by atoms with Crippen molar-refractivity contribution in [3.8, 4) is 12.1 Å². The number of rotatable bonds is 0. The zero-order chi connectivity index (χ0) is 9.84. The second-order valence-electron chi connectivity index (χ2n) is 2.85. The molecular weight excluding hydrogens is 232 g/mol. The number of nitrogens with zero attached hydrogens (tertiary/aromatic N) is 2. The van der Waals surface area contributed by atoms with Gasteiger partial charge in [0, 0.05) is 6.42 Å². The molecule has 1 rings (SSSR count). The van der Waals surface area contributed by atoms with Gasteiger partial charge in [0.25, 0.3) is 0 Å². The summed E-state index contributed by atoms with van der Waals surface area (Å²) in [6.45, 7) is 0. The molecule has 0 aliphatic heterocycles. The number of nitriles is 2. The monoisotopic (exact) mass is 238 g/mol. The van der Waals surface area contributed by atoms with Gasteiger partial charge in [0.15, 0.2) is 5.78 Å². The molecule has 0 radical (unpaired) electrons. The maximum atomic E-state index is 11.2. The van der Waals surface area contributed by atoms with Crippen molar-refractivity contribution in [3.63, 3.8) is 0 Å². The van der Waals surface area contributed by atoms with Crippen molar-refractivity contribution in [3.05, 3.63) is 11.1 Å². The van der Waals surface area contributed by atoms with E-state index < -0.39 is 0 Å². The molecule has 0 unspecified atom stereocenters. The van der Waals surface area contributed by atoms with E-state index in [-0.39, 0.29) is 22.6 Å². The number of alkyl halides is 1. The molecule has 0 spiro atoms. The van der Waals surface area contributed by atoms with E-state index in [9.17, 15) is 4.79 Å². The van der Waals surface area contributed by atoms with E-state index in [4.69, 9.17) is 10.5 Å². The Morgan fingerprint density at radius 3 is 2.54 bits per heavy atom. The van der Waals surface area contributed by atoms with E-state index >= 15 is 0 Å². The fourth-order valence-electron chi connectivity index (χ4n) is 1.27. The average molecular weight is 239 g/mol. The minimum Gasteiger partial charge on any atom is -0.298 e. The molecule has 0 aromatic carbocycles. The molecular formula is C9H7BrN2O. The Hall–Kier alpha value is -1.13. The Kier molecular flexibility index (Phi) is 3.22. The number of ketones is 1. The first-order chi connectivity index (χ1) is 6.19. The van der Waals surface area contributed by atoms with Crippen LogP contribution in [0.1, 0.15) is 19.3 Å². The number of allylic oxidation sites excluding steroid dienone is 2. The summed E-state index contributed by atoms with van der Waals surface area (Å²) in [5, 5.41) is 17.2. The largest absolute Gasteiger partial charge is 0.298 e. The molecule has 1 saturated carbocycles. The summed E-state index contributed by atoms with van der Waals surface area (Å²) in [5.41, 5.74) is 0.790. The van der Waals surface area contributed by atoms with E-state index in [1.165, 1.54) is 0 Å². The molecule has 13 heavy (non-hydrogen) atoms. The van der Waals surface area contributed by atoms with E-state index in [0.717, 1.165) is 0 Å². The summed E-state index contributed by atoms with van der Waals surface area (Å²) in [6.07, 6.45) is 1.59. The first kappa shape index (κ1) is 9.95. The maximum absolute atomic E-state index is 11.2. The molecule has 4 heteroatoms. The lowest BCUT2D eigenvalue weighted by molar-refractivity contribution is -0.118. The second-order valence-corrected chi connectivity index (χ2v) is 3.96. The van der Waals surface area contributed by atoms with Crippen LogP contribution in [-0.4, -0.2) is 10.6 Å². The summed E-state index contributed by atoms with van der Waals surface area (Å²) in [7, 11) is 0.